The van der Waals surface area contributed by atoms with Crippen LogP contribution >= 0.6 is 0 Å². The lowest BCUT2D eigenvalue weighted by Gasteiger charge is -2.15. The van der Waals surface area contributed by atoms with Crippen molar-refractivity contribution in [2.75, 3.05) is 12.2 Å². The molecule has 0 fully saturated rings. The first-order chi connectivity index (χ1) is 10.9. The maximum absolute atomic E-state index is 12.0. The summed E-state index contributed by atoms with van der Waals surface area (Å²) in [6.45, 7) is 5.93. The molecule has 0 amide bonds. The SMILES string of the molecule is CC(C)(C)c1nnc(N/N=C/c2ccc3c(c2)OCO3)[nH]c1=O. The molecule has 1 aromatic heterocycles. The summed E-state index contributed by atoms with van der Waals surface area (Å²) in [4.78, 5) is 14.6. The van der Waals surface area contributed by atoms with Gasteiger partial charge in [0.05, 0.1) is 6.21 Å². The van der Waals surface area contributed by atoms with Gasteiger partial charge >= 0.3 is 0 Å². The van der Waals surface area contributed by atoms with Crippen LogP contribution in [0, 0.1) is 0 Å². The molecule has 8 nitrogen and oxygen atoms in total. The van der Waals surface area contributed by atoms with Gasteiger partial charge in [-0.1, -0.05) is 20.8 Å². The molecular weight excluding hydrogens is 298 g/mol. The fraction of sp³-hybridized carbons (Fsp3) is 0.333. The molecule has 1 aliphatic heterocycles. The molecule has 0 saturated carbocycles. The number of H-pyrrole nitrogens is 1. The van der Waals surface area contributed by atoms with Crippen molar-refractivity contribution in [3.63, 3.8) is 0 Å². The minimum absolute atomic E-state index is 0.181. The summed E-state index contributed by atoms with van der Waals surface area (Å²) in [5.74, 6) is 1.57. The zero-order chi connectivity index (χ0) is 16.4. The van der Waals surface area contributed by atoms with E-state index in [1.807, 2.05) is 39.0 Å². The summed E-state index contributed by atoms with van der Waals surface area (Å²) in [7, 11) is 0. The first-order valence-corrected chi connectivity index (χ1v) is 7.10. The van der Waals surface area contributed by atoms with Crippen LogP contribution in [0.15, 0.2) is 28.1 Å². The summed E-state index contributed by atoms with van der Waals surface area (Å²) < 4.78 is 10.5. The Balaban J connectivity index is 1.71. The molecule has 0 saturated heterocycles. The van der Waals surface area contributed by atoms with Crippen molar-refractivity contribution in [3.8, 4) is 11.5 Å². The van der Waals surface area contributed by atoms with Gasteiger partial charge in [-0.2, -0.15) is 5.10 Å². The van der Waals surface area contributed by atoms with E-state index in [4.69, 9.17) is 9.47 Å². The highest BCUT2D eigenvalue weighted by atomic mass is 16.7. The highest BCUT2D eigenvalue weighted by Gasteiger charge is 2.20. The number of hydrazone groups is 1. The van der Waals surface area contributed by atoms with Crippen LogP contribution in [0.25, 0.3) is 0 Å². The van der Waals surface area contributed by atoms with Crippen LogP contribution in [0.1, 0.15) is 32.0 Å². The van der Waals surface area contributed by atoms with Crippen LogP contribution in [0.2, 0.25) is 0 Å². The van der Waals surface area contributed by atoms with Gasteiger partial charge in [-0.3, -0.25) is 9.78 Å². The topological polar surface area (TPSA) is 101 Å². The third-order valence-corrected chi connectivity index (χ3v) is 3.19. The van der Waals surface area contributed by atoms with Crippen molar-refractivity contribution in [1.29, 1.82) is 0 Å². The van der Waals surface area contributed by atoms with Crippen LogP contribution in [-0.4, -0.2) is 28.2 Å². The molecule has 2 N–H and O–H groups in total. The van der Waals surface area contributed by atoms with Gasteiger partial charge in [0.25, 0.3) is 5.56 Å². The number of anilines is 1. The van der Waals surface area contributed by atoms with Crippen molar-refractivity contribution in [2.24, 2.45) is 5.10 Å². The highest BCUT2D eigenvalue weighted by molar-refractivity contribution is 5.81. The molecule has 1 aliphatic rings. The lowest BCUT2D eigenvalue weighted by Crippen LogP contribution is -2.28. The Morgan fingerprint density at radius 1 is 1.26 bits per heavy atom. The second-order valence-corrected chi connectivity index (χ2v) is 6.08. The van der Waals surface area contributed by atoms with Crippen LogP contribution in [0.5, 0.6) is 11.5 Å². The first kappa shape index (κ1) is 15.0. The lowest BCUT2D eigenvalue weighted by molar-refractivity contribution is 0.174. The smallest absolute Gasteiger partial charge is 0.274 e. The molecule has 2 aromatic rings. The summed E-state index contributed by atoms with van der Waals surface area (Å²) in [5.41, 5.74) is 3.20. The normalized spacial score (nSPS) is 13.5. The number of benzene rings is 1. The molecule has 0 spiro atoms. The second-order valence-electron chi connectivity index (χ2n) is 6.08. The number of nitrogens with zero attached hydrogens (tertiary/aromatic N) is 3. The summed E-state index contributed by atoms with van der Waals surface area (Å²) in [5, 5.41) is 11.9. The van der Waals surface area contributed by atoms with Gasteiger partial charge < -0.3 is 9.47 Å². The second kappa shape index (κ2) is 5.71. The molecule has 1 aromatic carbocycles. The molecule has 0 radical (unpaired) electrons. The van der Waals surface area contributed by atoms with Crippen molar-refractivity contribution < 1.29 is 9.47 Å². The minimum Gasteiger partial charge on any atom is -0.454 e. The third kappa shape index (κ3) is 3.31. The Kier molecular flexibility index (Phi) is 3.73. The number of hydrogen-bond acceptors (Lipinski definition) is 7. The quantitative estimate of drug-likeness (QED) is 0.659. The van der Waals surface area contributed by atoms with Crippen molar-refractivity contribution in [1.82, 2.24) is 15.2 Å². The van der Waals surface area contributed by atoms with Gasteiger partial charge in [0, 0.05) is 5.41 Å². The number of rotatable bonds is 3. The minimum atomic E-state index is -0.366. The van der Waals surface area contributed by atoms with Crippen LogP contribution in [0.3, 0.4) is 0 Å². The Hall–Kier alpha value is -2.90. The largest absolute Gasteiger partial charge is 0.454 e. The Morgan fingerprint density at radius 2 is 2.04 bits per heavy atom. The van der Waals surface area contributed by atoms with E-state index in [0.717, 1.165) is 5.56 Å². The van der Waals surface area contributed by atoms with Gasteiger partial charge in [0.15, 0.2) is 11.5 Å². The summed E-state index contributed by atoms with van der Waals surface area (Å²) in [6, 6.07) is 5.46. The molecule has 2 heterocycles. The van der Waals surface area contributed by atoms with Gasteiger partial charge in [-0.05, 0) is 23.8 Å². The maximum atomic E-state index is 12.0. The first-order valence-electron chi connectivity index (χ1n) is 7.10. The number of fused-ring (bicyclic) bond motifs is 1. The highest BCUT2D eigenvalue weighted by Crippen LogP contribution is 2.31. The molecule has 23 heavy (non-hydrogen) atoms. The molecular formula is C15H17N5O3. The zero-order valence-corrected chi connectivity index (χ0v) is 13.1. The van der Waals surface area contributed by atoms with Crippen LogP contribution < -0.4 is 20.5 Å². The average molecular weight is 315 g/mol. The fourth-order valence-electron chi connectivity index (χ4n) is 2.04. The average Bonchev–Trinajstić information content (AvgIpc) is 2.93. The monoisotopic (exact) mass is 315 g/mol. The van der Waals surface area contributed by atoms with Crippen LogP contribution in [0.4, 0.5) is 5.95 Å². The van der Waals surface area contributed by atoms with Crippen molar-refractivity contribution in [3.05, 3.63) is 39.8 Å². The predicted molar refractivity (Wildman–Crippen MR) is 85.1 cm³/mol. The number of hydrogen-bond donors (Lipinski definition) is 2. The lowest BCUT2D eigenvalue weighted by atomic mass is 9.93. The Morgan fingerprint density at radius 3 is 2.78 bits per heavy atom. The third-order valence-electron chi connectivity index (χ3n) is 3.19. The van der Waals surface area contributed by atoms with E-state index >= 15 is 0 Å². The molecule has 8 heteroatoms. The van der Waals surface area contributed by atoms with Gasteiger partial charge in [0.1, 0.15) is 5.69 Å². The van der Waals surface area contributed by atoms with E-state index in [0.29, 0.717) is 17.2 Å². The molecule has 0 aliphatic carbocycles. The van der Waals surface area contributed by atoms with E-state index in [-0.39, 0.29) is 23.7 Å². The Bertz CT molecular complexity index is 807. The van der Waals surface area contributed by atoms with Crippen molar-refractivity contribution in [2.45, 2.75) is 26.2 Å². The van der Waals surface area contributed by atoms with E-state index in [2.05, 4.69) is 25.7 Å². The standard InChI is InChI=1S/C15H17N5O3/c1-15(2,3)12-13(21)17-14(20-18-12)19-16-7-9-4-5-10-11(6-9)23-8-22-10/h4-7H,8H2,1-3H3,(H2,17,19,20,21)/b16-7+. The van der Waals surface area contributed by atoms with Gasteiger partial charge in [-0.15, -0.1) is 10.2 Å². The molecule has 0 atom stereocenters. The number of aromatic nitrogens is 3. The van der Waals surface area contributed by atoms with E-state index in [1.165, 1.54) is 0 Å². The van der Waals surface area contributed by atoms with E-state index in [9.17, 15) is 4.79 Å². The predicted octanol–water partition coefficient (Wildman–Crippen LogP) is 1.64. The number of aromatic amines is 1. The summed E-state index contributed by atoms with van der Waals surface area (Å²) in [6.07, 6.45) is 1.58. The van der Waals surface area contributed by atoms with Gasteiger partial charge in [-0.25, -0.2) is 5.43 Å². The summed E-state index contributed by atoms with van der Waals surface area (Å²) >= 11 is 0. The van der Waals surface area contributed by atoms with E-state index < -0.39 is 0 Å². The number of nitrogens with one attached hydrogen (secondary N) is 2. The van der Waals surface area contributed by atoms with Crippen molar-refractivity contribution >= 4 is 12.2 Å². The molecule has 3 rings (SSSR count). The zero-order valence-electron chi connectivity index (χ0n) is 13.1. The van der Waals surface area contributed by atoms with Crippen LogP contribution in [-0.2, 0) is 5.41 Å². The fourth-order valence-corrected chi connectivity index (χ4v) is 2.04. The maximum Gasteiger partial charge on any atom is 0.274 e. The molecule has 0 unspecified atom stereocenters. The number of ether oxygens (including phenoxy) is 2. The molecule has 120 valence electrons. The Labute approximate surface area is 132 Å². The molecule has 0 bridgehead atoms. The van der Waals surface area contributed by atoms with Gasteiger partial charge in [0.2, 0.25) is 12.7 Å². The van der Waals surface area contributed by atoms with E-state index in [1.54, 1.807) is 6.21 Å².